The number of ether oxygens (including phenoxy) is 1. The van der Waals surface area contributed by atoms with Crippen LogP contribution in [-0.2, 0) is 19.2 Å². The molecule has 236 valence electrons. The predicted octanol–water partition coefficient (Wildman–Crippen LogP) is 7.02. The van der Waals surface area contributed by atoms with Crippen molar-refractivity contribution in [3.63, 3.8) is 0 Å². The summed E-state index contributed by atoms with van der Waals surface area (Å²) in [6.07, 6.45) is 2.44. The second-order valence-electron chi connectivity index (χ2n) is 12.5. The normalized spacial score (nSPS) is 27.0. The fraction of sp³-hybridized carbons (Fsp3) is 0.314. The van der Waals surface area contributed by atoms with E-state index in [1.807, 2.05) is 19.9 Å². The van der Waals surface area contributed by atoms with E-state index in [1.54, 1.807) is 48.5 Å². The standard InChI is InChI=1S/C35H29Cl3N2O6/c1-15-4-6-18(12-24(15)36)39-32(42)21-9-8-20-22(29(21)34(39)44)14-23-30(28(20)17-10-26(38)31(41)27(11-17)46-3)35(45)40(33(23)43)19-7-5-16(2)25(37)13-19/h4-8,10-13,21-23,28-30,41H,9,14H2,1-3H3/t21-,22+,23+,28-,29-,30+/m0/s1. The van der Waals surface area contributed by atoms with Gasteiger partial charge in [-0.05, 0) is 85.7 Å². The second kappa shape index (κ2) is 11.1. The maximum Gasteiger partial charge on any atom is 0.238 e. The van der Waals surface area contributed by atoms with Crippen LogP contribution >= 0.6 is 34.8 Å². The van der Waals surface area contributed by atoms with Gasteiger partial charge in [-0.15, -0.1) is 0 Å². The van der Waals surface area contributed by atoms with Gasteiger partial charge in [0.2, 0.25) is 23.6 Å². The fourth-order valence-corrected chi connectivity index (χ4v) is 8.41. The lowest BCUT2D eigenvalue weighted by molar-refractivity contribution is -0.126. The van der Waals surface area contributed by atoms with E-state index in [2.05, 4.69) is 0 Å². The minimum atomic E-state index is -0.823. The molecule has 4 aliphatic rings. The Kier molecular flexibility index (Phi) is 7.46. The van der Waals surface area contributed by atoms with E-state index in [4.69, 9.17) is 39.5 Å². The lowest BCUT2D eigenvalue weighted by atomic mass is 9.57. The third-order valence-corrected chi connectivity index (χ3v) is 11.2. The molecule has 2 aliphatic heterocycles. The lowest BCUT2D eigenvalue weighted by Gasteiger charge is -2.44. The van der Waals surface area contributed by atoms with Gasteiger partial charge in [-0.2, -0.15) is 0 Å². The van der Waals surface area contributed by atoms with Crippen molar-refractivity contribution in [2.75, 3.05) is 16.9 Å². The average molecular weight is 680 g/mol. The van der Waals surface area contributed by atoms with Crippen molar-refractivity contribution in [2.45, 2.75) is 32.6 Å². The molecule has 46 heavy (non-hydrogen) atoms. The Morgan fingerprint density at radius 1 is 0.717 bits per heavy atom. The van der Waals surface area contributed by atoms with E-state index in [0.717, 1.165) is 16.7 Å². The van der Waals surface area contributed by atoms with Crippen molar-refractivity contribution in [2.24, 2.45) is 29.6 Å². The van der Waals surface area contributed by atoms with E-state index in [0.29, 0.717) is 27.0 Å². The molecule has 0 aromatic heterocycles. The van der Waals surface area contributed by atoms with Gasteiger partial charge < -0.3 is 9.84 Å². The molecular formula is C35H29Cl3N2O6. The van der Waals surface area contributed by atoms with E-state index < -0.39 is 47.3 Å². The number of amides is 4. The zero-order valence-electron chi connectivity index (χ0n) is 25.1. The summed E-state index contributed by atoms with van der Waals surface area (Å²) in [5, 5.41) is 11.4. The topological polar surface area (TPSA) is 104 Å². The highest BCUT2D eigenvalue weighted by Gasteiger charge is 2.62. The Balaban J connectivity index is 1.36. The number of fused-ring (bicyclic) bond motifs is 4. The first-order chi connectivity index (χ1) is 21.9. The van der Waals surface area contributed by atoms with E-state index >= 15 is 0 Å². The number of aromatic hydroxyl groups is 1. The first-order valence-corrected chi connectivity index (χ1v) is 16.1. The van der Waals surface area contributed by atoms with Gasteiger partial charge >= 0.3 is 0 Å². The molecule has 0 unspecified atom stereocenters. The third-order valence-electron chi connectivity index (χ3n) is 10.1. The Morgan fingerprint density at radius 3 is 1.85 bits per heavy atom. The summed E-state index contributed by atoms with van der Waals surface area (Å²) in [5.41, 5.74) is 3.74. The molecule has 2 heterocycles. The van der Waals surface area contributed by atoms with Crippen molar-refractivity contribution in [3.05, 3.63) is 91.9 Å². The molecule has 3 fully saturated rings. The molecule has 6 atom stereocenters. The number of hydrogen-bond donors (Lipinski definition) is 1. The van der Waals surface area contributed by atoms with Gasteiger partial charge in [0.05, 0.1) is 47.2 Å². The minimum absolute atomic E-state index is 0.0239. The van der Waals surface area contributed by atoms with Crippen molar-refractivity contribution in [1.82, 2.24) is 0 Å². The predicted molar refractivity (Wildman–Crippen MR) is 175 cm³/mol. The number of hydrogen-bond acceptors (Lipinski definition) is 6. The van der Waals surface area contributed by atoms with Crippen LogP contribution in [0.4, 0.5) is 11.4 Å². The Hall–Kier alpha value is -3.85. The van der Waals surface area contributed by atoms with Crippen molar-refractivity contribution < 1.29 is 29.0 Å². The molecule has 7 rings (SSSR count). The minimum Gasteiger partial charge on any atom is -0.503 e. The summed E-state index contributed by atoms with van der Waals surface area (Å²) in [4.78, 5) is 59.0. The molecule has 11 heteroatoms. The number of phenolic OH excluding ortho intramolecular Hbond substituents is 1. The SMILES string of the molecule is COc1cc([C@H]2C3=CC[C@@H]4C(=O)N(c5ccc(C)c(Cl)c5)C(=O)[C@@H]4[C@@H]3C[C@H]3C(=O)N(c4ccc(C)c(Cl)c4)C(=O)[C@@H]23)cc(Cl)c1O. The second-order valence-corrected chi connectivity index (χ2v) is 13.7. The number of aryl methyl sites for hydroxylation is 2. The number of carbonyl (C=O) groups is 4. The smallest absolute Gasteiger partial charge is 0.238 e. The number of carbonyl (C=O) groups excluding carboxylic acids is 4. The number of imide groups is 2. The molecule has 4 amide bonds. The van der Waals surface area contributed by atoms with Gasteiger partial charge in [0.1, 0.15) is 0 Å². The molecule has 3 aromatic rings. The fourth-order valence-electron chi connectivity index (χ4n) is 7.84. The number of benzene rings is 3. The van der Waals surface area contributed by atoms with E-state index in [1.165, 1.54) is 16.9 Å². The Bertz CT molecular complexity index is 1910. The maximum absolute atomic E-state index is 14.3. The van der Waals surface area contributed by atoms with Crippen LogP contribution in [0.5, 0.6) is 11.5 Å². The molecule has 0 radical (unpaired) electrons. The molecule has 1 N–H and O–H groups in total. The van der Waals surface area contributed by atoms with Crippen LogP contribution in [0, 0.1) is 43.4 Å². The zero-order valence-corrected chi connectivity index (χ0v) is 27.4. The summed E-state index contributed by atoms with van der Waals surface area (Å²) in [5.74, 6) is -5.76. The van der Waals surface area contributed by atoms with Crippen LogP contribution in [0.2, 0.25) is 15.1 Å². The van der Waals surface area contributed by atoms with Gasteiger partial charge in [-0.3, -0.25) is 19.2 Å². The molecular weight excluding hydrogens is 651 g/mol. The Labute approximate surface area is 280 Å². The first kappa shape index (κ1) is 30.8. The molecule has 1 saturated carbocycles. The van der Waals surface area contributed by atoms with Crippen LogP contribution in [0.25, 0.3) is 0 Å². The summed E-state index contributed by atoms with van der Waals surface area (Å²) in [6.45, 7) is 3.67. The van der Waals surface area contributed by atoms with Crippen LogP contribution in [-0.4, -0.2) is 35.8 Å². The highest BCUT2D eigenvalue weighted by atomic mass is 35.5. The zero-order chi connectivity index (χ0) is 32.8. The number of allylic oxidation sites excluding steroid dienone is 2. The number of nitrogens with zero attached hydrogens (tertiary/aromatic N) is 2. The largest absolute Gasteiger partial charge is 0.503 e. The van der Waals surface area contributed by atoms with E-state index in [9.17, 15) is 24.3 Å². The van der Waals surface area contributed by atoms with Crippen molar-refractivity contribution in [3.8, 4) is 11.5 Å². The lowest BCUT2D eigenvalue weighted by Crippen LogP contribution is -2.43. The number of halogens is 3. The van der Waals surface area contributed by atoms with Crippen LogP contribution in [0.3, 0.4) is 0 Å². The van der Waals surface area contributed by atoms with Gasteiger partial charge in [0, 0.05) is 16.0 Å². The average Bonchev–Trinajstić information content (AvgIpc) is 3.44. The van der Waals surface area contributed by atoms with Gasteiger partial charge in [0.15, 0.2) is 11.5 Å². The van der Waals surface area contributed by atoms with Gasteiger partial charge in [0.25, 0.3) is 0 Å². The monoisotopic (exact) mass is 678 g/mol. The van der Waals surface area contributed by atoms with Gasteiger partial charge in [-0.1, -0.05) is 58.6 Å². The van der Waals surface area contributed by atoms with Crippen molar-refractivity contribution >= 4 is 69.8 Å². The number of rotatable bonds is 4. The highest BCUT2D eigenvalue weighted by molar-refractivity contribution is 6.33. The van der Waals surface area contributed by atoms with Crippen LogP contribution in [0.15, 0.2) is 60.2 Å². The van der Waals surface area contributed by atoms with E-state index in [-0.39, 0.29) is 41.2 Å². The number of methoxy groups -OCH3 is 1. The van der Waals surface area contributed by atoms with Gasteiger partial charge in [-0.25, -0.2) is 9.80 Å². The quantitative estimate of drug-likeness (QED) is 0.235. The molecule has 3 aromatic carbocycles. The molecule has 2 aliphatic carbocycles. The first-order valence-electron chi connectivity index (χ1n) is 15.0. The summed E-state index contributed by atoms with van der Waals surface area (Å²) in [7, 11) is 1.40. The third kappa shape index (κ3) is 4.48. The molecule has 0 bridgehead atoms. The summed E-state index contributed by atoms with van der Waals surface area (Å²) in [6, 6.07) is 13.3. The number of anilines is 2. The molecule has 2 saturated heterocycles. The molecule has 0 spiro atoms. The summed E-state index contributed by atoms with van der Waals surface area (Å²) >= 11 is 19.2. The maximum atomic E-state index is 14.3. The highest BCUT2D eigenvalue weighted by Crippen LogP contribution is 2.59. The summed E-state index contributed by atoms with van der Waals surface area (Å²) < 4.78 is 5.40. The number of phenols is 1. The van der Waals surface area contributed by atoms with Crippen LogP contribution < -0.4 is 14.5 Å². The van der Waals surface area contributed by atoms with Crippen molar-refractivity contribution in [1.29, 1.82) is 0 Å². The Morgan fingerprint density at radius 2 is 1.28 bits per heavy atom. The van der Waals surface area contributed by atoms with Crippen LogP contribution in [0.1, 0.15) is 35.4 Å². The molecule has 8 nitrogen and oxygen atoms in total.